The first-order chi connectivity index (χ1) is 8.74. The van der Waals surface area contributed by atoms with Crippen molar-refractivity contribution in [3.05, 3.63) is 22.4 Å². The maximum Gasteiger partial charge on any atom is 0.240 e. The van der Waals surface area contributed by atoms with Crippen LogP contribution in [-0.4, -0.2) is 11.6 Å². The zero-order valence-corrected chi connectivity index (χ0v) is 12.1. The molecular weight excluding hydrogens is 244 g/mol. The second-order valence-corrected chi connectivity index (χ2v) is 5.32. The van der Waals surface area contributed by atoms with Gasteiger partial charge in [-0.1, -0.05) is 38.7 Å². The van der Waals surface area contributed by atoms with E-state index >= 15 is 0 Å². The van der Waals surface area contributed by atoms with Crippen molar-refractivity contribution < 1.29 is 4.79 Å². The van der Waals surface area contributed by atoms with Crippen LogP contribution in [0.2, 0.25) is 0 Å². The smallest absolute Gasteiger partial charge is 0.240 e. The van der Waals surface area contributed by atoms with Crippen LogP contribution in [0.5, 0.6) is 0 Å². The lowest BCUT2D eigenvalue weighted by molar-refractivity contribution is -0.121. The fourth-order valence-electron chi connectivity index (χ4n) is 1.63. The van der Waals surface area contributed by atoms with Gasteiger partial charge in [-0.25, -0.2) is 5.43 Å². The molecule has 0 aromatic carbocycles. The summed E-state index contributed by atoms with van der Waals surface area (Å²) in [5.41, 5.74) is 3.48. The van der Waals surface area contributed by atoms with Crippen LogP contribution >= 0.6 is 11.3 Å². The summed E-state index contributed by atoms with van der Waals surface area (Å²) in [5.74, 6) is 0.0161. The second kappa shape index (κ2) is 8.86. The molecule has 0 aliphatic heterocycles. The Hall–Kier alpha value is -1.16. The number of nitrogens with one attached hydrogen (secondary N) is 1. The van der Waals surface area contributed by atoms with E-state index in [-0.39, 0.29) is 5.91 Å². The summed E-state index contributed by atoms with van der Waals surface area (Å²) >= 11 is 1.63. The van der Waals surface area contributed by atoms with Gasteiger partial charge in [-0.05, 0) is 24.8 Å². The van der Waals surface area contributed by atoms with E-state index in [0.717, 1.165) is 23.4 Å². The number of thiophene rings is 1. The minimum absolute atomic E-state index is 0.0161. The molecule has 4 heteroatoms. The molecule has 1 aromatic heterocycles. The third-order valence-corrected chi connectivity index (χ3v) is 3.71. The fraction of sp³-hybridized carbons (Fsp3) is 0.571. The third kappa shape index (κ3) is 5.96. The monoisotopic (exact) mass is 266 g/mol. The maximum absolute atomic E-state index is 11.5. The Balaban J connectivity index is 2.18. The minimum Gasteiger partial charge on any atom is -0.273 e. The highest BCUT2D eigenvalue weighted by molar-refractivity contribution is 7.12. The summed E-state index contributed by atoms with van der Waals surface area (Å²) in [4.78, 5) is 12.6. The lowest BCUT2D eigenvalue weighted by atomic mass is 10.1. The molecule has 3 nitrogen and oxygen atoms in total. The number of amides is 1. The van der Waals surface area contributed by atoms with Gasteiger partial charge < -0.3 is 0 Å². The summed E-state index contributed by atoms with van der Waals surface area (Å²) < 4.78 is 0. The molecule has 0 saturated carbocycles. The largest absolute Gasteiger partial charge is 0.273 e. The molecule has 0 atom stereocenters. The first kappa shape index (κ1) is 14.9. The predicted octanol–water partition coefficient (Wildman–Crippen LogP) is 3.95. The van der Waals surface area contributed by atoms with Crippen LogP contribution in [0.1, 0.15) is 57.2 Å². The van der Waals surface area contributed by atoms with Crippen LogP contribution in [0.4, 0.5) is 0 Å². The number of unbranched alkanes of at least 4 members (excludes halogenated alkanes) is 4. The van der Waals surface area contributed by atoms with E-state index in [0.29, 0.717) is 6.42 Å². The van der Waals surface area contributed by atoms with Crippen molar-refractivity contribution in [3.63, 3.8) is 0 Å². The van der Waals surface area contributed by atoms with E-state index in [1.807, 2.05) is 24.4 Å². The quantitative estimate of drug-likeness (QED) is 0.432. The van der Waals surface area contributed by atoms with Crippen molar-refractivity contribution in [2.75, 3.05) is 0 Å². The van der Waals surface area contributed by atoms with Crippen LogP contribution in [0, 0.1) is 0 Å². The SMILES string of the molecule is CCCCCCCC(=O)N/N=C(\C)c1cccs1. The van der Waals surface area contributed by atoms with E-state index in [4.69, 9.17) is 0 Å². The summed E-state index contributed by atoms with van der Waals surface area (Å²) in [7, 11) is 0. The van der Waals surface area contributed by atoms with Crippen LogP contribution < -0.4 is 5.43 Å². The topological polar surface area (TPSA) is 41.5 Å². The minimum atomic E-state index is 0.0161. The summed E-state index contributed by atoms with van der Waals surface area (Å²) in [6, 6.07) is 3.98. The summed E-state index contributed by atoms with van der Waals surface area (Å²) in [6.45, 7) is 4.10. The van der Waals surface area contributed by atoms with Crippen LogP contribution in [-0.2, 0) is 4.79 Å². The Bertz CT molecular complexity index is 371. The fourth-order valence-corrected chi connectivity index (χ4v) is 2.31. The number of carbonyl (C=O) groups is 1. The summed E-state index contributed by atoms with van der Waals surface area (Å²) in [5, 5.41) is 6.11. The Morgan fingerprint density at radius 1 is 1.33 bits per heavy atom. The highest BCUT2D eigenvalue weighted by Gasteiger charge is 2.01. The van der Waals surface area contributed by atoms with Crippen molar-refractivity contribution in [1.29, 1.82) is 0 Å². The molecule has 0 saturated heterocycles. The lowest BCUT2D eigenvalue weighted by Crippen LogP contribution is -2.18. The number of hydrogen-bond donors (Lipinski definition) is 1. The molecule has 1 amide bonds. The summed E-state index contributed by atoms with van der Waals surface area (Å²) in [6.07, 6.45) is 6.38. The van der Waals surface area contributed by atoms with Gasteiger partial charge in [0, 0.05) is 11.3 Å². The number of rotatable bonds is 8. The second-order valence-electron chi connectivity index (χ2n) is 4.37. The lowest BCUT2D eigenvalue weighted by Gasteiger charge is -2.01. The van der Waals surface area contributed by atoms with E-state index < -0.39 is 0 Å². The van der Waals surface area contributed by atoms with Gasteiger partial charge >= 0.3 is 0 Å². The number of carbonyl (C=O) groups excluding carboxylic acids is 1. The van der Waals surface area contributed by atoms with Crippen molar-refractivity contribution in [2.45, 2.75) is 52.4 Å². The molecule has 1 heterocycles. The van der Waals surface area contributed by atoms with Crippen molar-refractivity contribution in [3.8, 4) is 0 Å². The molecule has 0 aliphatic carbocycles. The normalized spacial score (nSPS) is 11.6. The van der Waals surface area contributed by atoms with Gasteiger partial charge in [-0.15, -0.1) is 11.3 Å². The molecule has 100 valence electrons. The molecule has 1 rings (SSSR count). The van der Waals surface area contributed by atoms with Gasteiger partial charge in [-0.3, -0.25) is 4.79 Å². The molecule has 0 bridgehead atoms. The molecular formula is C14H22N2OS. The Kier molecular flexibility index (Phi) is 7.34. The predicted molar refractivity (Wildman–Crippen MR) is 78.0 cm³/mol. The zero-order chi connectivity index (χ0) is 13.2. The number of hydrogen-bond acceptors (Lipinski definition) is 3. The van der Waals surface area contributed by atoms with Gasteiger partial charge in [0.25, 0.3) is 0 Å². The molecule has 1 N–H and O–H groups in total. The molecule has 0 unspecified atom stereocenters. The molecule has 0 spiro atoms. The van der Waals surface area contributed by atoms with Crippen molar-refractivity contribution >= 4 is 23.0 Å². The van der Waals surface area contributed by atoms with Gasteiger partial charge in [0.15, 0.2) is 0 Å². The Morgan fingerprint density at radius 2 is 2.11 bits per heavy atom. The first-order valence-corrected chi connectivity index (χ1v) is 7.49. The molecule has 1 aromatic rings. The molecule has 18 heavy (non-hydrogen) atoms. The van der Waals surface area contributed by atoms with Crippen LogP contribution in [0.3, 0.4) is 0 Å². The van der Waals surface area contributed by atoms with Gasteiger partial charge in [-0.2, -0.15) is 5.10 Å². The zero-order valence-electron chi connectivity index (χ0n) is 11.2. The average Bonchev–Trinajstić information content (AvgIpc) is 2.89. The van der Waals surface area contributed by atoms with Gasteiger partial charge in [0.2, 0.25) is 5.91 Å². The molecule has 0 radical (unpaired) electrons. The van der Waals surface area contributed by atoms with Crippen molar-refractivity contribution in [1.82, 2.24) is 5.43 Å². The van der Waals surface area contributed by atoms with Crippen molar-refractivity contribution in [2.24, 2.45) is 5.10 Å². The highest BCUT2D eigenvalue weighted by atomic mass is 32.1. The Morgan fingerprint density at radius 3 is 2.78 bits per heavy atom. The first-order valence-electron chi connectivity index (χ1n) is 6.61. The van der Waals surface area contributed by atoms with Gasteiger partial charge in [0.05, 0.1) is 5.71 Å². The standard InChI is InChI=1S/C14H22N2OS/c1-3-4-5-6-7-10-14(17)16-15-12(2)13-9-8-11-18-13/h8-9,11H,3-7,10H2,1-2H3,(H,16,17)/b15-12+. The number of hydrazone groups is 1. The van der Waals surface area contributed by atoms with E-state index in [2.05, 4.69) is 17.5 Å². The van der Waals surface area contributed by atoms with E-state index in [1.54, 1.807) is 11.3 Å². The highest BCUT2D eigenvalue weighted by Crippen LogP contribution is 2.09. The van der Waals surface area contributed by atoms with Crippen LogP contribution in [0.15, 0.2) is 22.6 Å². The average molecular weight is 266 g/mol. The van der Waals surface area contributed by atoms with E-state index in [1.165, 1.54) is 19.3 Å². The Labute approximate surface area is 113 Å². The van der Waals surface area contributed by atoms with E-state index in [9.17, 15) is 4.79 Å². The maximum atomic E-state index is 11.5. The molecule has 0 aliphatic rings. The third-order valence-electron chi connectivity index (χ3n) is 2.73. The van der Waals surface area contributed by atoms with Crippen LogP contribution in [0.25, 0.3) is 0 Å². The molecule has 0 fully saturated rings. The number of nitrogens with zero attached hydrogens (tertiary/aromatic N) is 1. The van der Waals surface area contributed by atoms with Gasteiger partial charge in [0.1, 0.15) is 0 Å².